The number of hydrogen-bond donors (Lipinski definition) is 0. The topological polar surface area (TPSA) is 26.3 Å². The molecule has 1 radical (unpaired) electrons. The first kappa shape index (κ1) is 8.75. The van der Waals surface area contributed by atoms with E-state index in [1.54, 1.807) is 0 Å². The average molecular weight is 193 g/mol. The summed E-state index contributed by atoms with van der Waals surface area (Å²) in [4.78, 5) is 11.7. The van der Waals surface area contributed by atoms with Crippen LogP contribution in [0.1, 0.15) is 32.1 Å². The largest absolute Gasteiger partial charge is 0.469 e. The Hall–Kier alpha value is -0.530. The molecule has 4 aliphatic rings. The van der Waals surface area contributed by atoms with Crippen molar-refractivity contribution in [1.82, 2.24) is 0 Å². The van der Waals surface area contributed by atoms with Gasteiger partial charge in [0.25, 0.3) is 0 Å². The predicted octanol–water partition coefficient (Wildman–Crippen LogP) is 2.19. The molecular weight excluding hydrogens is 176 g/mol. The van der Waals surface area contributed by atoms with E-state index in [0.717, 1.165) is 11.8 Å². The van der Waals surface area contributed by atoms with Gasteiger partial charge in [-0.3, -0.25) is 4.79 Å². The molecule has 0 aromatic heterocycles. The van der Waals surface area contributed by atoms with Gasteiger partial charge >= 0.3 is 5.97 Å². The van der Waals surface area contributed by atoms with Gasteiger partial charge < -0.3 is 4.74 Å². The third-order valence-electron chi connectivity index (χ3n) is 4.41. The molecular formula is C12H17O2. The fourth-order valence-corrected chi connectivity index (χ4v) is 4.12. The van der Waals surface area contributed by atoms with E-state index >= 15 is 0 Å². The number of carbonyl (C=O) groups is 1. The molecule has 0 aliphatic heterocycles. The lowest BCUT2D eigenvalue weighted by molar-refractivity contribution is -0.151. The summed E-state index contributed by atoms with van der Waals surface area (Å²) in [5.41, 5.74) is 0. The van der Waals surface area contributed by atoms with Crippen LogP contribution in [0.2, 0.25) is 0 Å². The highest BCUT2D eigenvalue weighted by Gasteiger charge is 2.51. The predicted molar refractivity (Wildman–Crippen MR) is 52.3 cm³/mol. The smallest absolute Gasteiger partial charge is 0.309 e. The summed E-state index contributed by atoms with van der Waals surface area (Å²) in [6, 6.07) is 0. The van der Waals surface area contributed by atoms with E-state index in [0.29, 0.717) is 5.92 Å². The van der Waals surface area contributed by atoms with Crippen LogP contribution >= 0.6 is 0 Å². The zero-order valence-corrected chi connectivity index (χ0v) is 8.66. The molecule has 3 atom stereocenters. The summed E-state index contributed by atoms with van der Waals surface area (Å²) in [5.74, 6) is 4.16. The Morgan fingerprint density at radius 3 is 2.36 bits per heavy atom. The van der Waals surface area contributed by atoms with Crippen LogP contribution in [-0.4, -0.2) is 13.1 Å². The zero-order chi connectivity index (χ0) is 9.71. The minimum absolute atomic E-state index is 0.0313. The molecule has 4 fully saturated rings. The van der Waals surface area contributed by atoms with Crippen LogP contribution in [0.25, 0.3) is 0 Å². The molecule has 0 aromatic carbocycles. The average Bonchev–Trinajstić information content (AvgIpc) is 2.15. The summed E-state index contributed by atoms with van der Waals surface area (Å²) in [5, 5.41) is 0. The summed E-state index contributed by atoms with van der Waals surface area (Å²) in [6.07, 6.45) is 6.41. The van der Waals surface area contributed by atoms with Crippen molar-refractivity contribution in [3.63, 3.8) is 0 Å². The highest BCUT2D eigenvalue weighted by Crippen LogP contribution is 2.57. The van der Waals surface area contributed by atoms with E-state index in [-0.39, 0.29) is 11.9 Å². The number of methoxy groups -OCH3 is 1. The van der Waals surface area contributed by atoms with Gasteiger partial charge in [-0.05, 0) is 55.8 Å². The van der Waals surface area contributed by atoms with Crippen molar-refractivity contribution in [2.45, 2.75) is 32.1 Å². The van der Waals surface area contributed by atoms with Gasteiger partial charge in [0.05, 0.1) is 13.0 Å². The van der Waals surface area contributed by atoms with Crippen LogP contribution in [0.15, 0.2) is 0 Å². The zero-order valence-electron chi connectivity index (χ0n) is 8.66. The molecule has 0 aromatic rings. The monoisotopic (exact) mass is 193 g/mol. The molecule has 0 spiro atoms. The Kier molecular flexibility index (Phi) is 1.86. The Labute approximate surface area is 85.0 Å². The molecule has 3 unspecified atom stereocenters. The third kappa shape index (κ3) is 1.12. The second-order valence-corrected chi connectivity index (χ2v) is 5.27. The minimum Gasteiger partial charge on any atom is -0.469 e. The maximum absolute atomic E-state index is 11.7. The van der Waals surface area contributed by atoms with E-state index in [2.05, 4.69) is 0 Å². The van der Waals surface area contributed by atoms with Crippen molar-refractivity contribution in [2.75, 3.05) is 7.11 Å². The van der Waals surface area contributed by atoms with Crippen molar-refractivity contribution in [1.29, 1.82) is 0 Å². The quantitative estimate of drug-likeness (QED) is 0.597. The van der Waals surface area contributed by atoms with Gasteiger partial charge in [-0.15, -0.1) is 0 Å². The van der Waals surface area contributed by atoms with Crippen LogP contribution in [0.5, 0.6) is 0 Å². The van der Waals surface area contributed by atoms with Gasteiger partial charge in [-0.25, -0.2) is 0 Å². The Bertz CT molecular complexity index is 231. The molecule has 14 heavy (non-hydrogen) atoms. The van der Waals surface area contributed by atoms with E-state index in [4.69, 9.17) is 4.74 Å². The standard InChI is InChI=1S/C12H17O2/c1-14-12(13)11-9-3-7-2-8(5-9)6-10(11)4-7/h7-9,11H,2-6H2,1H3. The first-order valence-corrected chi connectivity index (χ1v) is 5.70. The second kappa shape index (κ2) is 2.98. The lowest BCUT2D eigenvalue weighted by Gasteiger charge is -2.52. The van der Waals surface area contributed by atoms with Gasteiger partial charge in [-0.1, -0.05) is 0 Å². The second-order valence-electron chi connectivity index (χ2n) is 5.27. The number of rotatable bonds is 1. The van der Waals surface area contributed by atoms with E-state index in [1.807, 2.05) is 0 Å². The molecule has 2 heteroatoms. The highest BCUT2D eigenvalue weighted by molar-refractivity contribution is 5.75. The van der Waals surface area contributed by atoms with Crippen LogP contribution in [0.3, 0.4) is 0 Å². The molecule has 4 saturated carbocycles. The van der Waals surface area contributed by atoms with Crippen molar-refractivity contribution < 1.29 is 9.53 Å². The van der Waals surface area contributed by atoms with Gasteiger partial charge in [-0.2, -0.15) is 0 Å². The number of carbonyl (C=O) groups excluding carboxylic acids is 1. The molecule has 0 heterocycles. The molecule has 0 saturated heterocycles. The first-order valence-electron chi connectivity index (χ1n) is 5.70. The Morgan fingerprint density at radius 1 is 1.21 bits per heavy atom. The Morgan fingerprint density at radius 2 is 1.86 bits per heavy atom. The number of ether oxygens (including phenoxy) is 1. The van der Waals surface area contributed by atoms with Crippen LogP contribution < -0.4 is 0 Å². The highest BCUT2D eigenvalue weighted by atomic mass is 16.5. The molecule has 4 aliphatic carbocycles. The lowest BCUT2D eigenvalue weighted by atomic mass is 9.52. The van der Waals surface area contributed by atoms with Crippen molar-refractivity contribution in [3.8, 4) is 0 Å². The van der Waals surface area contributed by atoms with Crippen LogP contribution in [0, 0.1) is 29.6 Å². The van der Waals surface area contributed by atoms with Crippen LogP contribution in [0.4, 0.5) is 0 Å². The molecule has 0 amide bonds. The van der Waals surface area contributed by atoms with Crippen LogP contribution in [-0.2, 0) is 9.53 Å². The summed E-state index contributed by atoms with van der Waals surface area (Å²) in [7, 11) is 1.52. The molecule has 77 valence electrons. The maximum atomic E-state index is 11.7. The van der Waals surface area contributed by atoms with Gasteiger partial charge in [0, 0.05) is 0 Å². The summed E-state index contributed by atoms with van der Waals surface area (Å²) in [6.45, 7) is 0. The number of hydrogen-bond acceptors (Lipinski definition) is 2. The van der Waals surface area contributed by atoms with Gasteiger partial charge in [0.2, 0.25) is 0 Å². The summed E-state index contributed by atoms with van der Waals surface area (Å²) >= 11 is 0. The fraction of sp³-hybridized carbons (Fsp3) is 0.833. The SMILES string of the molecule is COC(=O)C1[C]2CC3CC(C2)CC1C3. The molecule has 2 nitrogen and oxygen atoms in total. The third-order valence-corrected chi connectivity index (χ3v) is 4.41. The van der Waals surface area contributed by atoms with Crippen molar-refractivity contribution in [3.05, 3.63) is 5.92 Å². The fourth-order valence-electron chi connectivity index (χ4n) is 4.12. The molecule has 4 rings (SSSR count). The Balaban J connectivity index is 1.84. The minimum atomic E-state index is 0.0313. The molecule has 4 bridgehead atoms. The van der Waals surface area contributed by atoms with E-state index in [9.17, 15) is 4.79 Å². The lowest BCUT2D eigenvalue weighted by Crippen LogP contribution is -2.47. The maximum Gasteiger partial charge on any atom is 0.309 e. The normalized spacial score (nSPS) is 45.5. The molecule has 0 N–H and O–H groups in total. The first-order chi connectivity index (χ1) is 6.78. The number of esters is 1. The van der Waals surface area contributed by atoms with Crippen molar-refractivity contribution >= 4 is 5.97 Å². The van der Waals surface area contributed by atoms with Crippen molar-refractivity contribution in [2.24, 2.45) is 23.7 Å². The summed E-state index contributed by atoms with van der Waals surface area (Å²) < 4.78 is 4.92. The van der Waals surface area contributed by atoms with E-state index < -0.39 is 0 Å². The van der Waals surface area contributed by atoms with Gasteiger partial charge in [0.15, 0.2) is 0 Å². The van der Waals surface area contributed by atoms with E-state index in [1.165, 1.54) is 45.1 Å². The van der Waals surface area contributed by atoms with Gasteiger partial charge in [0.1, 0.15) is 0 Å².